The summed E-state index contributed by atoms with van der Waals surface area (Å²) in [7, 11) is 5.65. The van der Waals surface area contributed by atoms with E-state index in [1.165, 1.54) is 22.9 Å². The number of anilines is 3. The number of pyridine rings is 1. The normalized spacial score (nSPS) is 13.7. The van der Waals surface area contributed by atoms with Crippen LogP contribution < -0.4 is 35.7 Å². The monoisotopic (exact) mass is 1260 g/mol. The van der Waals surface area contributed by atoms with Gasteiger partial charge in [-0.25, -0.2) is 47.8 Å². The van der Waals surface area contributed by atoms with Crippen molar-refractivity contribution in [3.05, 3.63) is 200 Å². The average molecular weight is 1260 g/mol. The molecule has 3 aromatic carbocycles. The van der Waals surface area contributed by atoms with E-state index in [-0.39, 0.29) is 29.6 Å². The number of nitrogens with zero attached hydrogens (tertiary/aromatic N) is 15. The third kappa shape index (κ3) is 11.8. The van der Waals surface area contributed by atoms with Crippen LogP contribution in [0.15, 0.2) is 115 Å². The van der Waals surface area contributed by atoms with Gasteiger partial charge in [0.25, 0.3) is 5.56 Å². The number of hydrogen-bond acceptors (Lipinski definition) is 17. The smallest absolute Gasteiger partial charge is 0.274 e. The summed E-state index contributed by atoms with van der Waals surface area (Å²) in [6.45, 7) is 11.3. The van der Waals surface area contributed by atoms with Gasteiger partial charge in [-0.15, -0.1) is 0 Å². The van der Waals surface area contributed by atoms with Gasteiger partial charge in [-0.3, -0.25) is 27.7 Å². The number of benzene rings is 3. The topological polar surface area (TPSA) is 223 Å². The number of nitrogens with one attached hydrogen (secondary N) is 3. The molecule has 93 heavy (non-hydrogen) atoms. The molecule has 1 fully saturated rings. The SMILES string of the molecule is Cc1cn2c(NCc3c(F)ccc4c3CCO4)ncc(-c3ccnn(C)c3=O)c2n1.Cc1cn2c(NCc3c(F)ccc4c3CCO4)ncc(-c3ccnn3C3CC3)c2n1.Cc1cn2c(NCc3c(F)ccc4c3CCO4)ncc(-c3cnc(CN(C)C)cc3C)c2n1. The third-order valence-corrected chi connectivity index (χ3v) is 17.0. The number of fused-ring (bicyclic) bond motifs is 6. The van der Waals surface area contributed by atoms with E-state index in [1.807, 2.05) is 93.1 Å². The summed E-state index contributed by atoms with van der Waals surface area (Å²) in [6.07, 6.45) is 20.7. The Balaban J connectivity index is 0.000000121. The van der Waals surface area contributed by atoms with E-state index in [1.54, 1.807) is 48.1 Å². The number of aromatic nitrogens is 14. The Hall–Kier alpha value is -10.7. The van der Waals surface area contributed by atoms with E-state index in [0.717, 1.165) is 122 Å². The molecule has 0 amide bonds. The van der Waals surface area contributed by atoms with Gasteiger partial charge in [0, 0.05) is 158 Å². The summed E-state index contributed by atoms with van der Waals surface area (Å²) in [4.78, 5) is 47.1. The molecule has 3 aliphatic heterocycles. The molecule has 0 bridgehead atoms. The van der Waals surface area contributed by atoms with E-state index < -0.39 is 0 Å². The number of aryl methyl sites for hydroxylation is 5. The van der Waals surface area contributed by atoms with Crippen LogP contribution in [0.2, 0.25) is 0 Å². The van der Waals surface area contributed by atoms with Crippen molar-refractivity contribution in [1.82, 2.24) is 72.6 Å². The first-order valence-corrected chi connectivity index (χ1v) is 30.8. The molecule has 0 radical (unpaired) electrons. The highest BCUT2D eigenvalue weighted by molar-refractivity contribution is 5.81. The predicted molar refractivity (Wildman–Crippen MR) is 345 cm³/mol. The van der Waals surface area contributed by atoms with Gasteiger partial charge >= 0.3 is 0 Å². The van der Waals surface area contributed by atoms with Gasteiger partial charge in [-0.2, -0.15) is 10.2 Å². The molecule has 22 nitrogen and oxygen atoms in total. The third-order valence-electron chi connectivity index (χ3n) is 17.0. The fourth-order valence-electron chi connectivity index (χ4n) is 12.4. The first-order chi connectivity index (χ1) is 45.1. The van der Waals surface area contributed by atoms with Gasteiger partial charge in [0.2, 0.25) is 17.8 Å². The summed E-state index contributed by atoms with van der Waals surface area (Å²) >= 11 is 0. The highest BCUT2D eigenvalue weighted by Crippen LogP contribution is 2.40. The number of rotatable bonds is 15. The largest absolute Gasteiger partial charge is 0.493 e. The van der Waals surface area contributed by atoms with Crippen molar-refractivity contribution in [3.8, 4) is 50.8 Å². The molecule has 12 aromatic rings. The molecule has 1 aliphatic carbocycles. The molecule has 9 aromatic heterocycles. The lowest BCUT2D eigenvalue weighted by atomic mass is 10.0. The first kappa shape index (κ1) is 59.9. The number of halogens is 3. The highest BCUT2D eigenvalue weighted by atomic mass is 19.1. The minimum atomic E-state index is -0.276. The number of hydrogen-bond donors (Lipinski definition) is 3. The minimum absolute atomic E-state index is 0.227. The van der Waals surface area contributed by atoms with Gasteiger partial charge in [0.15, 0.2) is 5.65 Å². The molecule has 0 saturated heterocycles. The van der Waals surface area contributed by atoms with E-state index in [0.29, 0.717) is 103 Å². The molecule has 0 spiro atoms. The van der Waals surface area contributed by atoms with Crippen molar-refractivity contribution in [2.75, 3.05) is 49.9 Å². The zero-order valence-electron chi connectivity index (χ0n) is 52.4. The van der Waals surface area contributed by atoms with E-state index in [2.05, 4.69) is 73.6 Å². The fraction of sp³-hybridized carbons (Fsp3) is 0.294. The van der Waals surface area contributed by atoms with Crippen LogP contribution in [-0.2, 0) is 52.5 Å². The second-order valence-electron chi connectivity index (χ2n) is 23.9. The van der Waals surface area contributed by atoms with Crippen LogP contribution in [-0.4, -0.2) is 106 Å². The quantitative estimate of drug-likeness (QED) is 0.0868. The Morgan fingerprint density at radius 2 is 0.968 bits per heavy atom. The summed E-state index contributed by atoms with van der Waals surface area (Å²) in [6, 6.07) is 15.7. The zero-order chi connectivity index (χ0) is 64.2. The Bertz CT molecular complexity index is 4930. The van der Waals surface area contributed by atoms with E-state index in [9.17, 15) is 18.0 Å². The maximum atomic E-state index is 14.6. The van der Waals surface area contributed by atoms with Crippen LogP contribution in [0.1, 0.15) is 80.6 Å². The van der Waals surface area contributed by atoms with Crippen LogP contribution in [0.4, 0.5) is 31.0 Å². The predicted octanol–water partition coefficient (Wildman–Crippen LogP) is 10.6. The molecule has 3 N–H and O–H groups in total. The lowest BCUT2D eigenvalue weighted by molar-refractivity contribution is 0.356. The zero-order valence-corrected chi connectivity index (χ0v) is 52.4. The molecule has 474 valence electrons. The van der Waals surface area contributed by atoms with Gasteiger partial charge in [-0.05, 0) is 115 Å². The van der Waals surface area contributed by atoms with Crippen molar-refractivity contribution in [3.63, 3.8) is 0 Å². The molecule has 0 unspecified atom stereocenters. The first-order valence-electron chi connectivity index (χ1n) is 30.8. The van der Waals surface area contributed by atoms with E-state index >= 15 is 0 Å². The van der Waals surface area contributed by atoms with Crippen molar-refractivity contribution in [2.45, 2.75) is 92.0 Å². The van der Waals surface area contributed by atoms with Gasteiger partial charge in [-0.1, -0.05) is 0 Å². The molecular weight excluding hydrogens is 1190 g/mol. The molecular formula is C68H67F3N18O4. The second kappa shape index (κ2) is 24.8. The van der Waals surface area contributed by atoms with Crippen LogP contribution in [0.5, 0.6) is 17.2 Å². The standard InChI is InChI=1S/C25H27FN6O.C22H21FN6O.C21H19FN6O2/c1-15-9-17(14-31(3)4)27-10-19(15)21-12-29-25(32-13-16(2)30-24(21)32)28-11-20-18-7-8-33-23(18)6-5-22(20)26;1-13-12-28-21(27-13)17(19-6-8-26-29(19)14-2-3-14)11-25-22(28)24-10-16-15-7-9-30-20(15)5-4-18(16)23;1-12-11-28-19(26-12)16(14-5-7-25-27(2)20(14)29)10-24-21(28)23-9-15-13-6-8-30-18(13)4-3-17(15)22/h5-6,9-10,12-13H,7-8,11,14H2,1-4H3,(H,28,29);4-6,8,11-12,14H,2-3,7,9-10H2,1H3,(H,24,25);3-5,7,10-11H,6,8-9H2,1-2H3,(H,23,24). The van der Waals surface area contributed by atoms with Crippen LogP contribution in [0.3, 0.4) is 0 Å². The number of imidazole rings is 3. The maximum absolute atomic E-state index is 14.6. The highest BCUT2D eigenvalue weighted by Gasteiger charge is 2.29. The minimum Gasteiger partial charge on any atom is -0.493 e. The van der Waals surface area contributed by atoms with Crippen LogP contribution in [0, 0.1) is 45.1 Å². The van der Waals surface area contributed by atoms with Crippen molar-refractivity contribution >= 4 is 34.8 Å². The molecule has 4 aliphatic rings. The Kier molecular flexibility index (Phi) is 16.0. The summed E-state index contributed by atoms with van der Waals surface area (Å²) < 4.78 is 69.2. The van der Waals surface area contributed by atoms with Gasteiger partial charge in [0.1, 0.15) is 46.0 Å². The number of ether oxygens (including phenoxy) is 3. The molecule has 0 atom stereocenters. The van der Waals surface area contributed by atoms with Gasteiger partial charge in [0.05, 0.1) is 65.5 Å². The van der Waals surface area contributed by atoms with Crippen molar-refractivity contribution < 1.29 is 27.4 Å². The Labute approximate surface area is 532 Å². The maximum Gasteiger partial charge on any atom is 0.274 e. The Morgan fingerprint density at radius 3 is 1.42 bits per heavy atom. The molecule has 1 saturated carbocycles. The van der Waals surface area contributed by atoms with Crippen LogP contribution in [0.25, 0.3) is 50.5 Å². The summed E-state index contributed by atoms with van der Waals surface area (Å²) in [5.41, 5.74) is 16.2. The van der Waals surface area contributed by atoms with Crippen molar-refractivity contribution in [2.24, 2.45) is 7.05 Å². The van der Waals surface area contributed by atoms with Crippen molar-refractivity contribution in [1.29, 1.82) is 0 Å². The molecule has 12 heterocycles. The average Bonchev–Trinajstić information content (AvgIpc) is 1.68. The lowest BCUT2D eigenvalue weighted by Crippen LogP contribution is -2.21. The van der Waals surface area contributed by atoms with E-state index in [4.69, 9.17) is 24.2 Å². The summed E-state index contributed by atoms with van der Waals surface area (Å²) in [5, 5.41) is 18.3. The second-order valence-corrected chi connectivity index (χ2v) is 23.9. The lowest BCUT2D eigenvalue weighted by Gasteiger charge is -2.14. The Morgan fingerprint density at radius 1 is 0.538 bits per heavy atom. The molecule has 25 heteroatoms. The fourth-order valence-corrected chi connectivity index (χ4v) is 12.4. The van der Waals surface area contributed by atoms with Gasteiger partial charge < -0.3 is 35.1 Å². The van der Waals surface area contributed by atoms with Crippen LogP contribution >= 0.6 is 0 Å². The molecule has 16 rings (SSSR count). The summed E-state index contributed by atoms with van der Waals surface area (Å²) in [5.74, 6) is 3.28.